The number of hydrogen-bond acceptors (Lipinski definition) is 4. The summed E-state index contributed by atoms with van der Waals surface area (Å²) in [5.41, 5.74) is 1.29. The van der Waals surface area contributed by atoms with Gasteiger partial charge in [-0.3, -0.25) is 4.90 Å². The zero-order valence-corrected chi connectivity index (χ0v) is 16.0. The third kappa shape index (κ3) is 4.95. The topological polar surface area (TPSA) is 35.9 Å². The molecule has 1 aromatic rings. The Labute approximate surface area is 147 Å². The van der Waals surface area contributed by atoms with Crippen molar-refractivity contribution in [3.05, 3.63) is 29.3 Å². The number of hydrogen-bond donors (Lipinski definition) is 1. The van der Waals surface area contributed by atoms with Crippen molar-refractivity contribution in [1.29, 1.82) is 0 Å². The van der Waals surface area contributed by atoms with Crippen molar-refractivity contribution in [2.75, 3.05) is 40.3 Å². The van der Waals surface area contributed by atoms with Crippen LogP contribution < -0.4 is 4.74 Å². The molecule has 1 heterocycles. The maximum atomic E-state index is 10.8. The smallest absolute Gasteiger partial charge is 0.123 e. The van der Waals surface area contributed by atoms with Gasteiger partial charge in [-0.05, 0) is 44.6 Å². The number of aliphatic hydroxyl groups is 1. The van der Waals surface area contributed by atoms with E-state index in [1.54, 1.807) is 0 Å². The highest BCUT2D eigenvalue weighted by molar-refractivity contribution is 5.40. The molecular formula is C20H34N2O2. The van der Waals surface area contributed by atoms with Crippen molar-refractivity contribution in [2.45, 2.75) is 45.8 Å². The van der Waals surface area contributed by atoms with Gasteiger partial charge in [0, 0.05) is 31.7 Å². The highest BCUT2D eigenvalue weighted by atomic mass is 16.5. The van der Waals surface area contributed by atoms with Crippen LogP contribution in [-0.2, 0) is 12.1 Å². The summed E-state index contributed by atoms with van der Waals surface area (Å²) in [7, 11) is 3.97. The molecule has 0 amide bonds. The summed E-state index contributed by atoms with van der Waals surface area (Å²) in [4.78, 5) is 4.51. The fraction of sp³-hybridized carbons (Fsp3) is 0.700. The molecule has 1 atom stereocenters. The lowest BCUT2D eigenvalue weighted by Crippen LogP contribution is -2.35. The van der Waals surface area contributed by atoms with E-state index in [2.05, 4.69) is 24.8 Å². The maximum absolute atomic E-state index is 10.8. The van der Waals surface area contributed by atoms with Crippen LogP contribution in [0.1, 0.15) is 44.7 Å². The first-order chi connectivity index (χ1) is 11.4. The van der Waals surface area contributed by atoms with E-state index < -0.39 is 5.60 Å². The summed E-state index contributed by atoms with van der Waals surface area (Å²) in [5, 5.41) is 10.8. The highest BCUT2D eigenvalue weighted by Crippen LogP contribution is 2.30. The molecule has 1 N–H and O–H groups in total. The van der Waals surface area contributed by atoms with E-state index in [1.807, 2.05) is 38.1 Å². The Bertz CT molecular complexity index is 524. The lowest BCUT2D eigenvalue weighted by molar-refractivity contribution is 0.0299. The molecule has 0 fully saturated rings. The molecule has 1 aliphatic heterocycles. The van der Waals surface area contributed by atoms with Gasteiger partial charge in [-0.2, -0.15) is 0 Å². The van der Waals surface area contributed by atoms with Gasteiger partial charge in [0.25, 0.3) is 0 Å². The number of benzene rings is 1. The summed E-state index contributed by atoms with van der Waals surface area (Å²) in [6, 6.07) is 6.15. The minimum absolute atomic E-state index is 0.601. The minimum Gasteiger partial charge on any atom is -0.492 e. The zero-order chi connectivity index (χ0) is 17.7. The van der Waals surface area contributed by atoms with Gasteiger partial charge in [0.2, 0.25) is 0 Å². The number of ether oxygens (including phenoxy) is 1. The van der Waals surface area contributed by atoms with Gasteiger partial charge in [-0.25, -0.2) is 0 Å². The minimum atomic E-state index is -0.856. The second-order valence-electron chi connectivity index (χ2n) is 7.60. The molecule has 4 nitrogen and oxygen atoms in total. The largest absolute Gasteiger partial charge is 0.492 e. The Hall–Kier alpha value is -1.10. The average Bonchev–Trinajstić information content (AvgIpc) is 2.72. The molecule has 1 aliphatic rings. The second-order valence-corrected chi connectivity index (χ2v) is 7.60. The summed E-state index contributed by atoms with van der Waals surface area (Å²) in [5.74, 6) is 1.71. The second kappa shape index (κ2) is 8.32. The molecular weight excluding hydrogens is 300 g/mol. The molecule has 1 aromatic carbocycles. The van der Waals surface area contributed by atoms with Gasteiger partial charge >= 0.3 is 0 Å². The van der Waals surface area contributed by atoms with Gasteiger partial charge in [0.15, 0.2) is 0 Å². The van der Waals surface area contributed by atoms with Crippen molar-refractivity contribution >= 4 is 0 Å². The Balaban J connectivity index is 2.19. The molecule has 0 spiro atoms. The fourth-order valence-electron chi connectivity index (χ4n) is 3.56. The zero-order valence-electron chi connectivity index (χ0n) is 16.0. The highest BCUT2D eigenvalue weighted by Gasteiger charge is 2.26. The van der Waals surface area contributed by atoms with Gasteiger partial charge in [-0.15, -0.1) is 0 Å². The molecule has 0 bridgehead atoms. The van der Waals surface area contributed by atoms with Crippen LogP contribution >= 0.6 is 0 Å². The van der Waals surface area contributed by atoms with E-state index in [-0.39, 0.29) is 0 Å². The predicted molar refractivity (Wildman–Crippen MR) is 99.4 cm³/mol. The normalized spacial score (nSPS) is 18.2. The van der Waals surface area contributed by atoms with Crippen LogP contribution in [0.15, 0.2) is 18.2 Å². The van der Waals surface area contributed by atoms with Crippen LogP contribution in [0.2, 0.25) is 0 Å². The fourth-order valence-corrected chi connectivity index (χ4v) is 3.56. The van der Waals surface area contributed by atoms with E-state index in [0.29, 0.717) is 6.54 Å². The summed E-state index contributed by atoms with van der Waals surface area (Å²) < 4.78 is 5.94. The Morgan fingerprint density at radius 3 is 2.62 bits per heavy atom. The molecule has 2 rings (SSSR count). The predicted octanol–water partition coefficient (Wildman–Crippen LogP) is 3.09. The van der Waals surface area contributed by atoms with E-state index >= 15 is 0 Å². The van der Waals surface area contributed by atoms with E-state index in [0.717, 1.165) is 43.5 Å². The van der Waals surface area contributed by atoms with Crippen LogP contribution in [0.3, 0.4) is 0 Å². The van der Waals surface area contributed by atoms with E-state index in [4.69, 9.17) is 4.74 Å². The molecule has 136 valence electrons. The Morgan fingerprint density at radius 2 is 2.00 bits per heavy atom. The van der Waals surface area contributed by atoms with Crippen LogP contribution in [0, 0.1) is 5.92 Å². The van der Waals surface area contributed by atoms with E-state index in [1.165, 1.54) is 18.4 Å². The van der Waals surface area contributed by atoms with Crippen LogP contribution in [0.25, 0.3) is 0 Å². The van der Waals surface area contributed by atoms with Crippen molar-refractivity contribution in [3.63, 3.8) is 0 Å². The lowest BCUT2D eigenvalue weighted by Gasteiger charge is -2.28. The van der Waals surface area contributed by atoms with Crippen molar-refractivity contribution in [3.8, 4) is 5.75 Å². The first kappa shape index (κ1) is 19.2. The SMILES string of the molecule is CCC(CC)CN1CCOc2ccc([C@](C)(O)CN(C)C)cc2C1. The van der Waals surface area contributed by atoms with Crippen LogP contribution in [0.5, 0.6) is 5.75 Å². The lowest BCUT2D eigenvalue weighted by atomic mass is 9.93. The molecule has 0 aromatic heterocycles. The van der Waals surface area contributed by atoms with Gasteiger partial charge in [0.05, 0.1) is 5.60 Å². The average molecular weight is 335 g/mol. The Kier molecular flexibility index (Phi) is 6.67. The quantitative estimate of drug-likeness (QED) is 0.831. The first-order valence-corrected chi connectivity index (χ1v) is 9.21. The van der Waals surface area contributed by atoms with Gasteiger partial charge < -0.3 is 14.7 Å². The number of nitrogens with zero attached hydrogens (tertiary/aromatic N) is 2. The van der Waals surface area contributed by atoms with Crippen LogP contribution in [0.4, 0.5) is 0 Å². The van der Waals surface area contributed by atoms with Gasteiger partial charge in [-0.1, -0.05) is 32.8 Å². The van der Waals surface area contributed by atoms with Crippen molar-refractivity contribution in [2.24, 2.45) is 5.92 Å². The van der Waals surface area contributed by atoms with E-state index in [9.17, 15) is 5.11 Å². The van der Waals surface area contributed by atoms with Crippen LogP contribution in [-0.4, -0.2) is 55.2 Å². The summed E-state index contributed by atoms with van der Waals surface area (Å²) >= 11 is 0. The molecule has 0 aliphatic carbocycles. The first-order valence-electron chi connectivity index (χ1n) is 9.21. The number of likely N-dealkylation sites (N-methyl/N-ethyl adjacent to an activating group) is 1. The van der Waals surface area contributed by atoms with Crippen molar-refractivity contribution < 1.29 is 9.84 Å². The monoisotopic (exact) mass is 334 g/mol. The third-order valence-corrected chi connectivity index (χ3v) is 5.04. The number of fused-ring (bicyclic) bond motifs is 1. The molecule has 24 heavy (non-hydrogen) atoms. The van der Waals surface area contributed by atoms with Gasteiger partial charge in [0.1, 0.15) is 12.4 Å². The third-order valence-electron chi connectivity index (χ3n) is 5.04. The molecule has 0 saturated carbocycles. The standard InChI is InChI=1S/C20H34N2O2/c1-6-16(7-2)13-22-10-11-24-19-9-8-18(12-17(19)14-22)20(3,23)15-21(4)5/h8-9,12,16,23H,6-7,10-11,13-15H2,1-5H3/t20-/m1/s1. The molecule has 4 heteroatoms. The molecule has 0 saturated heterocycles. The molecule has 0 unspecified atom stereocenters. The molecule has 0 radical (unpaired) electrons. The summed E-state index contributed by atoms with van der Waals surface area (Å²) in [6.45, 7) is 10.7. The van der Waals surface area contributed by atoms with Crippen molar-refractivity contribution in [1.82, 2.24) is 9.80 Å². The Morgan fingerprint density at radius 1 is 1.29 bits per heavy atom. The number of rotatable bonds is 7. The maximum Gasteiger partial charge on any atom is 0.123 e. The summed E-state index contributed by atoms with van der Waals surface area (Å²) in [6.07, 6.45) is 2.44.